The first kappa shape index (κ1) is 31.6. The zero-order valence-electron chi connectivity index (χ0n) is 23.7. The standard InChI is InChI=1S/C30H43N3O6/c1-6-7-8-17-31-27(36)26(23-13-9-21(2)10-14-23)33(18-19-34)28(37)25(32-29(38)39-30(3,4)5)20-22-11-15-24(35)16-12-22/h9-16,25-26,34-35H,6-8,17-20H2,1-5H3,(H,31,36)(H,32,38). The number of carbonyl (C=O) groups is 3. The van der Waals surface area contributed by atoms with Crippen LogP contribution in [-0.4, -0.2) is 64.4 Å². The Morgan fingerprint density at radius 3 is 2.21 bits per heavy atom. The summed E-state index contributed by atoms with van der Waals surface area (Å²) in [5.74, 6) is -0.836. The van der Waals surface area contributed by atoms with E-state index in [4.69, 9.17) is 4.74 Å². The molecule has 2 aromatic carbocycles. The van der Waals surface area contributed by atoms with Crippen molar-refractivity contribution in [2.24, 2.45) is 0 Å². The van der Waals surface area contributed by atoms with Crippen LogP contribution in [0.15, 0.2) is 48.5 Å². The lowest BCUT2D eigenvalue weighted by Crippen LogP contribution is -2.54. The molecule has 0 heterocycles. The number of phenols is 1. The summed E-state index contributed by atoms with van der Waals surface area (Å²) in [7, 11) is 0. The topological polar surface area (TPSA) is 128 Å². The van der Waals surface area contributed by atoms with Crippen LogP contribution < -0.4 is 10.6 Å². The van der Waals surface area contributed by atoms with E-state index in [1.807, 2.05) is 19.1 Å². The molecule has 2 aromatic rings. The van der Waals surface area contributed by atoms with Crippen molar-refractivity contribution >= 4 is 17.9 Å². The number of aryl methyl sites for hydroxylation is 1. The van der Waals surface area contributed by atoms with E-state index in [9.17, 15) is 24.6 Å². The molecule has 0 saturated heterocycles. The molecular formula is C30H43N3O6. The minimum Gasteiger partial charge on any atom is -0.508 e. The van der Waals surface area contributed by atoms with Crippen LogP contribution in [0.25, 0.3) is 0 Å². The summed E-state index contributed by atoms with van der Waals surface area (Å²) >= 11 is 0. The molecule has 0 bridgehead atoms. The van der Waals surface area contributed by atoms with Gasteiger partial charge in [0.25, 0.3) is 0 Å². The van der Waals surface area contributed by atoms with Crippen LogP contribution in [0.5, 0.6) is 5.75 Å². The number of nitrogens with zero attached hydrogens (tertiary/aromatic N) is 1. The fourth-order valence-corrected chi connectivity index (χ4v) is 4.10. The van der Waals surface area contributed by atoms with Crippen molar-refractivity contribution in [3.05, 3.63) is 65.2 Å². The van der Waals surface area contributed by atoms with Crippen molar-refractivity contribution in [3.63, 3.8) is 0 Å². The maximum atomic E-state index is 14.1. The monoisotopic (exact) mass is 541 g/mol. The molecular weight excluding hydrogens is 498 g/mol. The molecule has 9 nitrogen and oxygen atoms in total. The second-order valence-corrected chi connectivity index (χ2v) is 10.6. The predicted molar refractivity (Wildman–Crippen MR) is 150 cm³/mol. The van der Waals surface area contributed by atoms with Crippen molar-refractivity contribution < 1.29 is 29.3 Å². The second kappa shape index (κ2) is 15.1. The van der Waals surface area contributed by atoms with Gasteiger partial charge in [0.15, 0.2) is 0 Å². The molecule has 0 saturated carbocycles. The van der Waals surface area contributed by atoms with Crippen molar-refractivity contribution in [3.8, 4) is 5.75 Å². The molecule has 0 aliphatic rings. The average Bonchev–Trinajstić information content (AvgIpc) is 2.87. The molecule has 0 spiro atoms. The summed E-state index contributed by atoms with van der Waals surface area (Å²) in [6.07, 6.45) is 2.07. The van der Waals surface area contributed by atoms with Gasteiger partial charge in [-0.1, -0.05) is 61.7 Å². The van der Waals surface area contributed by atoms with E-state index < -0.39 is 29.7 Å². The van der Waals surface area contributed by atoms with E-state index in [0.717, 1.165) is 24.8 Å². The fourth-order valence-electron chi connectivity index (χ4n) is 4.10. The van der Waals surface area contributed by atoms with E-state index in [0.29, 0.717) is 17.7 Å². The van der Waals surface area contributed by atoms with Crippen molar-refractivity contribution in [1.29, 1.82) is 0 Å². The highest BCUT2D eigenvalue weighted by atomic mass is 16.6. The Kier molecular flexibility index (Phi) is 12.3. The molecule has 9 heteroatoms. The van der Waals surface area contributed by atoms with Crippen LogP contribution in [0.1, 0.15) is 69.7 Å². The molecule has 0 aliphatic heterocycles. The highest BCUT2D eigenvalue weighted by Crippen LogP contribution is 2.24. The molecule has 0 aromatic heterocycles. The zero-order valence-corrected chi connectivity index (χ0v) is 23.7. The van der Waals surface area contributed by atoms with Gasteiger partial charge in [0.05, 0.1) is 6.61 Å². The lowest BCUT2D eigenvalue weighted by molar-refractivity contribution is -0.143. The number of nitrogens with one attached hydrogen (secondary N) is 2. The predicted octanol–water partition coefficient (Wildman–Crippen LogP) is 4.01. The van der Waals surface area contributed by atoms with Gasteiger partial charge >= 0.3 is 6.09 Å². The first-order chi connectivity index (χ1) is 18.4. The van der Waals surface area contributed by atoms with Crippen LogP contribution >= 0.6 is 0 Å². The Morgan fingerprint density at radius 2 is 1.64 bits per heavy atom. The number of benzene rings is 2. The van der Waals surface area contributed by atoms with Crippen LogP contribution in [0.2, 0.25) is 0 Å². The van der Waals surface area contributed by atoms with E-state index in [2.05, 4.69) is 17.6 Å². The molecule has 0 fully saturated rings. The minimum atomic E-state index is -1.10. The highest BCUT2D eigenvalue weighted by molar-refractivity contribution is 5.92. The Morgan fingerprint density at radius 1 is 1.00 bits per heavy atom. The summed E-state index contributed by atoms with van der Waals surface area (Å²) in [5, 5.41) is 25.2. The molecule has 39 heavy (non-hydrogen) atoms. The van der Waals surface area contributed by atoms with Gasteiger partial charge in [0, 0.05) is 19.5 Å². The van der Waals surface area contributed by atoms with Gasteiger partial charge < -0.3 is 30.5 Å². The number of rotatable bonds is 13. The molecule has 4 N–H and O–H groups in total. The van der Waals surface area contributed by atoms with Crippen LogP contribution in [0.4, 0.5) is 4.79 Å². The number of aromatic hydroxyl groups is 1. The van der Waals surface area contributed by atoms with E-state index in [1.165, 1.54) is 17.0 Å². The lowest BCUT2D eigenvalue weighted by Gasteiger charge is -2.34. The summed E-state index contributed by atoms with van der Waals surface area (Å²) in [5.41, 5.74) is 1.49. The van der Waals surface area contributed by atoms with Gasteiger partial charge in [-0.15, -0.1) is 0 Å². The van der Waals surface area contributed by atoms with E-state index in [-0.39, 0.29) is 31.2 Å². The first-order valence-electron chi connectivity index (χ1n) is 13.5. The number of carbonyl (C=O) groups excluding carboxylic acids is 3. The highest BCUT2D eigenvalue weighted by Gasteiger charge is 2.36. The van der Waals surface area contributed by atoms with Gasteiger partial charge in [-0.25, -0.2) is 4.79 Å². The summed E-state index contributed by atoms with van der Waals surface area (Å²) in [6, 6.07) is 11.5. The molecule has 3 amide bonds. The SMILES string of the molecule is CCCCCNC(=O)C(c1ccc(C)cc1)N(CCO)C(=O)C(Cc1ccc(O)cc1)NC(=O)OC(C)(C)C. The minimum absolute atomic E-state index is 0.0721. The number of hydrogen-bond donors (Lipinski definition) is 4. The fraction of sp³-hybridized carbons (Fsp3) is 0.500. The Hall–Kier alpha value is -3.59. The molecule has 0 aliphatic carbocycles. The Labute approximate surface area is 231 Å². The van der Waals surface area contributed by atoms with Gasteiger partial charge in [0.2, 0.25) is 11.8 Å². The molecule has 2 atom stereocenters. The van der Waals surface area contributed by atoms with Gasteiger partial charge in [-0.05, 0) is 57.4 Å². The van der Waals surface area contributed by atoms with Crippen molar-refractivity contribution in [1.82, 2.24) is 15.5 Å². The number of alkyl carbamates (subject to hydrolysis) is 1. The third-order valence-corrected chi connectivity index (χ3v) is 6.02. The average molecular weight is 542 g/mol. The number of ether oxygens (including phenoxy) is 1. The smallest absolute Gasteiger partial charge is 0.408 e. The van der Waals surface area contributed by atoms with E-state index >= 15 is 0 Å². The Bertz CT molecular complexity index is 1060. The summed E-state index contributed by atoms with van der Waals surface area (Å²) in [6.45, 7) is 9.12. The normalized spacial score (nSPS) is 12.8. The van der Waals surface area contributed by atoms with Crippen LogP contribution in [0, 0.1) is 6.92 Å². The molecule has 214 valence electrons. The van der Waals surface area contributed by atoms with Gasteiger partial charge in [0.1, 0.15) is 23.4 Å². The maximum Gasteiger partial charge on any atom is 0.408 e. The molecule has 2 rings (SSSR count). The van der Waals surface area contributed by atoms with Crippen LogP contribution in [0.3, 0.4) is 0 Å². The lowest BCUT2D eigenvalue weighted by atomic mass is 9.99. The van der Waals surface area contributed by atoms with Crippen molar-refractivity contribution in [2.45, 2.75) is 78.0 Å². The maximum absolute atomic E-state index is 14.1. The third kappa shape index (κ3) is 10.6. The first-order valence-corrected chi connectivity index (χ1v) is 13.5. The largest absolute Gasteiger partial charge is 0.508 e. The number of amides is 3. The second-order valence-electron chi connectivity index (χ2n) is 10.6. The summed E-state index contributed by atoms with van der Waals surface area (Å²) < 4.78 is 5.41. The Balaban J connectivity index is 2.46. The van der Waals surface area contributed by atoms with E-state index in [1.54, 1.807) is 45.0 Å². The molecule has 2 unspecified atom stereocenters. The number of unbranched alkanes of at least 4 members (excludes halogenated alkanes) is 2. The van der Waals surface area contributed by atoms with Gasteiger partial charge in [-0.2, -0.15) is 0 Å². The number of hydrogen-bond acceptors (Lipinski definition) is 6. The number of aliphatic hydroxyl groups excluding tert-OH is 1. The van der Waals surface area contributed by atoms with Crippen molar-refractivity contribution in [2.75, 3.05) is 19.7 Å². The summed E-state index contributed by atoms with van der Waals surface area (Å²) in [4.78, 5) is 41.6. The third-order valence-electron chi connectivity index (χ3n) is 6.02. The van der Waals surface area contributed by atoms with Crippen LogP contribution in [-0.2, 0) is 20.7 Å². The quantitative estimate of drug-likeness (QED) is 0.284. The number of aliphatic hydroxyl groups is 1. The number of phenolic OH excluding ortho intramolecular Hbond substituents is 1. The molecule has 0 radical (unpaired) electrons. The van der Waals surface area contributed by atoms with Gasteiger partial charge in [-0.3, -0.25) is 9.59 Å². The zero-order chi connectivity index (χ0) is 29.0.